The van der Waals surface area contributed by atoms with Crippen LogP contribution in [-0.4, -0.2) is 64.5 Å². The lowest BCUT2D eigenvalue weighted by Crippen LogP contribution is -2.51. The van der Waals surface area contributed by atoms with Crippen molar-refractivity contribution >= 4 is 17.6 Å². The van der Waals surface area contributed by atoms with E-state index in [1.807, 2.05) is 9.58 Å². The van der Waals surface area contributed by atoms with Crippen molar-refractivity contribution in [3.63, 3.8) is 0 Å². The maximum absolute atomic E-state index is 12.9. The van der Waals surface area contributed by atoms with Crippen LogP contribution >= 0.6 is 0 Å². The van der Waals surface area contributed by atoms with Crippen molar-refractivity contribution in [3.8, 4) is 11.5 Å². The molecule has 3 amide bonds. The smallest absolute Gasteiger partial charge is 0.321 e. The Bertz CT molecular complexity index is 948. The Morgan fingerprint density at radius 2 is 1.76 bits per heavy atom. The van der Waals surface area contributed by atoms with Gasteiger partial charge >= 0.3 is 6.03 Å². The molecule has 152 valence electrons. The number of carbonyl (C=O) groups excluding carboxylic acids is 2. The Hall–Kier alpha value is -3.23. The molecule has 5 rings (SSSR count). The molecule has 1 fully saturated rings. The molecule has 0 unspecified atom stereocenters. The number of hydrogen-bond acceptors (Lipinski definition) is 5. The van der Waals surface area contributed by atoms with Gasteiger partial charge in [0.1, 0.15) is 0 Å². The average Bonchev–Trinajstić information content (AvgIpc) is 3.40. The predicted octanol–water partition coefficient (Wildman–Crippen LogP) is 1.94. The Morgan fingerprint density at radius 3 is 2.62 bits per heavy atom. The molecule has 1 N–H and O–H groups in total. The van der Waals surface area contributed by atoms with Crippen molar-refractivity contribution in [2.45, 2.75) is 25.8 Å². The minimum Gasteiger partial charge on any atom is -0.454 e. The van der Waals surface area contributed by atoms with Crippen molar-refractivity contribution in [1.29, 1.82) is 0 Å². The summed E-state index contributed by atoms with van der Waals surface area (Å²) in [6.07, 6.45) is 4.81. The fraction of sp³-hybridized carbons (Fsp3) is 0.450. The van der Waals surface area contributed by atoms with E-state index in [0.717, 1.165) is 31.5 Å². The molecule has 3 aliphatic rings. The number of nitrogens with zero attached hydrogens (tertiary/aromatic N) is 4. The topological polar surface area (TPSA) is 88.9 Å². The van der Waals surface area contributed by atoms with Crippen LogP contribution in [0.4, 0.5) is 10.5 Å². The second-order valence-corrected chi connectivity index (χ2v) is 7.46. The first-order valence-electron chi connectivity index (χ1n) is 9.98. The molecule has 0 spiro atoms. The summed E-state index contributed by atoms with van der Waals surface area (Å²) < 4.78 is 12.6. The number of aromatic nitrogens is 2. The Balaban J connectivity index is 1.18. The largest absolute Gasteiger partial charge is 0.454 e. The number of amides is 3. The molecular formula is C20H23N5O4. The van der Waals surface area contributed by atoms with Crippen LogP contribution in [0, 0.1) is 0 Å². The summed E-state index contributed by atoms with van der Waals surface area (Å²) in [5.74, 6) is 1.32. The summed E-state index contributed by atoms with van der Waals surface area (Å²) in [6.45, 7) is 3.09. The van der Waals surface area contributed by atoms with Crippen LogP contribution in [0.25, 0.3) is 0 Å². The third kappa shape index (κ3) is 3.37. The molecule has 1 aromatic carbocycles. The second kappa shape index (κ2) is 7.31. The molecule has 0 aliphatic carbocycles. The van der Waals surface area contributed by atoms with E-state index in [9.17, 15) is 9.59 Å². The number of benzene rings is 1. The number of nitrogens with one attached hydrogen (secondary N) is 1. The number of ether oxygens (including phenoxy) is 2. The molecule has 9 heteroatoms. The van der Waals surface area contributed by atoms with Crippen LogP contribution in [0.15, 0.2) is 24.4 Å². The van der Waals surface area contributed by atoms with Gasteiger partial charge in [-0.3, -0.25) is 9.48 Å². The second-order valence-electron chi connectivity index (χ2n) is 7.46. The molecular weight excluding hydrogens is 374 g/mol. The number of piperazine rings is 1. The summed E-state index contributed by atoms with van der Waals surface area (Å²) in [5, 5.41) is 7.25. The lowest BCUT2D eigenvalue weighted by molar-refractivity contribution is 0.0670. The van der Waals surface area contributed by atoms with Crippen molar-refractivity contribution in [2.75, 3.05) is 38.3 Å². The number of hydrogen-bond donors (Lipinski definition) is 1. The quantitative estimate of drug-likeness (QED) is 0.837. The fourth-order valence-electron chi connectivity index (χ4n) is 4.06. The van der Waals surface area contributed by atoms with Gasteiger partial charge in [-0.25, -0.2) is 4.79 Å². The summed E-state index contributed by atoms with van der Waals surface area (Å²) in [7, 11) is 0. The maximum Gasteiger partial charge on any atom is 0.321 e. The number of fused-ring (bicyclic) bond motifs is 2. The van der Waals surface area contributed by atoms with Gasteiger partial charge in [0.2, 0.25) is 6.79 Å². The number of rotatable bonds is 2. The van der Waals surface area contributed by atoms with Crippen molar-refractivity contribution in [3.05, 3.63) is 35.7 Å². The normalized spacial score (nSPS) is 17.8. The molecule has 0 atom stereocenters. The van der Waals surface area contributed by atoms with Crippen molar-refractivity contribution in [1.82, 2.24) is 19.6 Å². The van der Waals surface area contributed by atoms with Gasteiger partial charge in [-0.05, 0) is 31.4 Å². The molecule has 9 nitrogen and oxygen atoms in total. The SMILES string of the molecule is O=C(Nc1ccc2c(c1)OCO2)N1CCN(C(=O)c2cnn3c2CCCC3)CC1. The van der Waals surface area contributed by atoms with Gasteiger partial charge in [-0.2, -0.15) is 5.10 Å². The lowest BCUT2D eigenvalue weighted by Gasteiger charge is -2.34. The molecule has 0 radical (unpaired) electrons. The zero-order chi connectivity index (χ0) is 19.8. The highest BCUT2D eigenvalue weighted by Crippen LogP contribution is 2.34. The van der Waals surface area contributed by atoms with E-state index in [2.05, 4.69) is 10.4 Å². The number of urea groups is 1. The minimum absolute atomic E-state index is 0.0176. The van der Waals surface area contributed by atoms with Crippen LogP contribution in [-0.2, 0) is 13.0 Å². The van der Waals surface area contributed by atoms with Gasteiger partial charge in [0.05, 0.1) is 17.5 Å². The van der Waals surface area contributed by atoms with E-state index in [4.69, 9.17) is 9.47 Å². The van der Waals surface area contributed by atoms with E-state index in [-0.39, 0.29) is 18.7 Å². The molecule has 3 aliphatic heterocycles. The van der Waals surface area contributed by atoms with Gasteiger partial charge in [-0.1, -0.05) is 0 Å². The maximum atomic E-state index is 12.9. The van der Waals surface area contributed by atoms with Crippen LogP contribution in [0.1, 0.15) is 28.9 Å². The molecule has 1 aromatic heterocycles. The van der Waals surface area contributed by atoms with Crippen LogP contribution in [0.3, 0.4) is 0 Å². The number of aryl methyl sites for hydroxylation is 1. The van der Waals surface area contributed by atoms with E-state index < -0.39 is 0 Å². The fourth-order valence-corrected chi connectivity index (χ4v) is 4.06. The van der Waals surface area contributed by atoms with E-state index >= 15 is 0 Å². The third-order valence-corrected chi connectivity index (χ3v) is 5.69. The highest BCUT2D eigenvalue weighted by atomic mass is 16.7. The molecule has 0 saturated carbocycles. The standard InChI is InChI=1S/C20H23N5O4/c26-19(15-12-21-25-6-2-1-3-16(15)25)23-7-9-24(10-8-23)20(27)22-14-4-5-17-18(11-14)29-13-28-17/h4-5,11-12H,1-3,6-10,13H2,(H,22,27). The number of anilines is 1. The highest BCUT2D eigenvalue weighted by Gasteiger charge is 2.28. The number of carbonyl (C=O) groups is 2. The first kappa shape index (κ1) is 17.8. The first-order valence-corrected chi connectivity index (χ1v) is 9.98. The van der Waals surface area contributed by atoms with Crippen LogP contribution < -0.4 is 14.8 Å². The van der Waals surface area contributed by atoms with Crippen molar-refractivity contribution < 1.29 is 19.1 Å². The summed E-state index contributed by atoms with van der Waals surface area (Å²) in [4.78, 5) is 29.1. The van der Waals surface area contributed by atoms with Gasteiger partial charge in [0.25, 0.3) is 5.91 Å². The Kier molecular flexibility index (Phi) is 4.49. The molecule has 1 saturated heterocycles. The van der Waals surface area contributed by atoms with E-state index in [1.165, 1.54) is 0 Å². The summed E-state index contributed by atoms with van der Waals surface area (Å²) >= 11 is 0. The van der Waals surface area contributed by atoms with Crippen molar-refractivity contribution in [2.24, 2.45) is 0 Å². The summed E-state index contributed by atoms with van der Waals surface area (Å²) in [5.41, 5.74) is 2.41. The van der Waals surface area contributed by atoms with Gasteiger partial charge in [-0.15, -0.1) is 0 Å². The average molecular weight is 397 g/mol. The van der Waals surface area contributed by atoms with E-state index in [0.29, 0.717) is 48.9 Å². The van der Waals surface area contributed by atoms with Gasteiger partial charge in [0, 0.05) is 44.5 Å². The Morgan fingerprint density at radius 1 is 0.966 bits per heavy atom. The van der Waals surface area contributed by atoms with Gasteiger partial charge in [0.15, 0.2) is 11.5 Å². The van der Waals surface area contributed by atoms with Crippen LogP contribution in [0.5, 0.6) is 11.5 Å². The summed E-state index contributed by atoms with van der Waals surface area (Å²) in [6, 6.07) is 5.14. The first-order chi connectivity index (χ1) is 14.2. The van der Waals surface area contributed by atoms with E-state index in [1.54, 1.807) is 29.3 Å². The Labute approximate surface area is 168 Å². The zero-order valence-corrected chi connectivity index (χ0v) is 16.1. The molecule has 4 heterocycles. The monoisotopic (exact) mass is 397 g/mol. The van der Waals surface area contributed by atoms with Gasteiger partial charge < -0.3 is 24.6 Å². The minimum atomic E-state index is -0.182. The third-order valence-electron chi connectivity index (χ3n) is 5.69. The molecule has 2 aromatic rings. The predicted molar refractivity (Wildman–Crippen MR) is 104 cm³/mol. The molecule has 0 bridgehead atoms. The van der Waals surface area contributed by atoms with Crippen LogP contribution in [0.2, 0.25) is 0 Å². The molecule has 29 heavy (non-hydrogen) atoms. The zero-order valence-electron chi connectivity index (χ0n) is 16.1. The highest BCUT2D eigenvalue weighted by molar-refractivity contribution is 5.95. The lowest BCUT2D eigenvalue weighted by atomic mass is 10.1.